The van der Waals surface area contributed by atoms with Gasteiger partial charge >= 0.3 is 30.1 Å². The molecule has 19 nitrogen and oxygen atoms in total. The van der Waals surface area contributed by atoms with Gasteiger partial charge in [0.15, 0.2) is 0 Å². The second-order valence-corrected chi connectivity index (χ2v) is 12.6. The van der Waals surface area contributed by atoms with E-state index in [-0.39, 0.29) is 23.8 Å². The maximum absolute atomic E-state index is 11.5. The van der Waals surface area contributed by atoms with Gasteiger partial charge in [-0.15, -0.1) is 0 Å². The van der Waals surface area contributed by atoms with Gasteiger partial charge in [-0.2, -0.15) is 0 Å². The third-order valence-electron chi connectivity index (χ3n) is 5.68. The van der Waals surface area contributed by atoms with Gasteiger partial charge < -0.3 is 40.6 Å². The summed E-state index contributed by atoms with van der Waals surface area (Å²) < 4.78 is 19.2. The van der Waals surface area contributed by atoms with Crippen LogP contribution in [0.3, 0.4) is 0 Å². The Morgan fingerprint density at radius 2 is 1.00 bits per heavy atom. The first kappa shape index (κ1) is 46.1. The number of aromatic carboxylic acids is 1. The average Bonchev–Trinajstić information content (AvgIpc) is 3.10. The number of methoxy groups -OCH3 is 2. The summed E-state index contributed by atoms with van der Waals surface area (Å²) in [6.07, 6.45) is 4.55. The molecule has 2 amide bonds. The van der Waals surface area contributed by atoms with Crippen LogP contribution >= 0.6 is 0 Å². The molecule has 296 valence electrons. The van der Waals surface area contributed by atoms with Crippen LogP contribution in [-0.2, 0) is 25.6 Å². The third kappa shape index (κ3) is 20.1. The highest BCUT2D eigenvalue weighted by molar-refractivity contribution is 5.92. The van der Waals surface area contributed by atoms with Crippen molar-refractivity contribution in [2.24, 2.45) is 0 Å². The van der Waals surface area contributed by atoms with E-state index in [0.717, 1.165) is 0 Å². The number of nitrogens with zero attached hydrogens (tertiary/aromatic N) is 4. The number of carboxylic acids is 1. The number of nitrogen functional groups attached to an aromatic ring is 2. The molecular weight excluding hydrogens is 720 g/mol. The van der Waals surface area contributed by atoms with Gasteiger partial charge in [-0.25, -0.2) is 43.9 Å². The molecule has 0 bridgehead atoms. The standard InChI is InChI=1S/C12H16N2O4.C11H16N2O3.C7H8N2O2.C6H6N2O2/c1-12(2,3)18-11(16)14-9-7-8(5-6-13-9)10(15)17-4;1-11(2,3)16-10(15)13-9-6-8(7-14)4-5-12-9;1-11-7(10)5-2-3-9-6(8)4-5;7-5-3-4(6(9)10)1-2-8-5/h5-7H,1-4H3,(H,13,14,16);4-6,14H,7H2,1-3H3,(H,12,13,15);2-4H,1H3,(H2,8,9);1-3H,(H2,7,8)(H,9,10). The molecule has 8 N–H and O–H groups in total. The van der Waals surface area contributed by atoms with Gasteiger partial charge in [0.05, 0.1) is 37.5 Å². The summed E-state index contributed by atoms with van der Waals surface area (Å²) in [6, 6.07) is 11.9. The number of nitrogens with one attached hydrogen (secondary N) is 2. The number of anilines is 4. The van der Waals surface area contributed by atoms with Gasteiger partial charge in [0.1, 0.15) is 34.5 Å². The first-order valence-electron chi connectivity index (χ1n) is 16.0. The number of carboxylic acid groups (broad SMARTS) is 1. The summed E-state index contributed by atoms with van der Waals surface area (Å²) in [6.45, 7) is 10.5. The summed E-state index contributed by atoms with van der Waals surface area (Å²) in [7, 11) is 2.60. The Morgan fingerprint density at radius 1 is 0.618 bits per heavy atom. The molecule has 0 aliphatic carbocycles. The number of rotatable bonds is 6. The molecular formula is C36H46N8O11. The average molecular weight is 767 g/mol. The van der Waals surface area contributed by atoms with Gasteiger partial charge in [-0.3, -0.25) is 10.6 Å². The number of aromatic nitrogens is 4. The number of hydrogen-bond acceptors (Lipinski definition) is 16. The molecule has 0 aliphatic rings. The molecule has 0 radical (unpaired) electrons. The molecule has 0 atom stereocenters. The second-order valence-electron chi connectivity index (χ2n) is 12.6. The fraction of sp³-hybridized carbons (Fsp3) is 0.306. The van der Waals surface area contributed by atoms with E-state index in [0.29, 0.717) is 28.3 Å². The number of pyridine rings is 4. The molecule has 0 saturated heterocycles. The first-order chi connectivity index (χ1) is 25.7. The van der Waals surface area contributed by atoms with E-state index >= 15 is 0 Å². The first-order valence-corrected chi connectivity index (χ1v) is 16.0. The van der Waals surface area contributed by atoms with Crippen molar-refractivity contribution in [3.05, 3.63) is 95.6 Å². The fourth-order valence-electron chi connectivity index (χ4n) is 3.48. The number of esters is 2. The second kappa shape index (κ2) is 22.2. The highest BCUT2D eigenvalue weighted by atomic mass is 16.6. The van der Waals surface area contributed by atoms with E-state index in [1.807, 2.05) is 0 Å². The van der Waals surface area contributed by atoms with Crippen LogP contribution < -0.4 is 22.1 Å². The van der Waals surface area contributed by atoms with E-state index in [4.69, 9.17) is 31.2 Å². The quantitative estimate of drug-likeness (QED) is 0.112. The van der Waals surface area contributed by atoms with Crippen LogP contribution in [0, 0.1) is 0 Å². The van der Waals surface area contributed by atoms with Crippen molar-refractivity contribution in [1.82, 2.24) is 19.9 Å². The minimum atomic E-state index is -0.992. The number of amides is 2. The Morgan fingerprint density at radius 3 is 1.38 bits per heavy atom. The molecule has 0 aromatic carbocycles. The van der Waals surface area contributed by atoms with Crippen molar-refractivity contribution in [1.29, 1.82) is 0 Å². The van der Waals surface area contributed by atoms with Crippen molar-refractivity contribution in [3.63, 3.8) is 0 Å². The molecule has 4 rings (SSSR count). The van der Waals surface area contributed by atoms with Crippen molar-refractivity contribution in [2.75, 3.05) is 36.3 Å². The van der Waals surface area contributed by atoms with E-state index in [9.17, 15) is 24.0 Å². The lowest BCUT2D eigenvalue weighted by Gasteiger charge is -2.19. The predicted molar refractivity (Wildman–Crippen MR) is 201 cm³/mol. The van der Waals surface area contributed by atoms with Crippen LogP contribution in [0.1, 0.15) is 78.2 Å². The number of nitrogens with two attached hydrogens (primary N) is 2. The molecule has 55 heavy (non-hydrogen) atoms. The normalized spacial score (nSPS) is 10.2. The molecule has 0 aliphatic heterocycles. The number of carbonyl (C=O) groups is 5. The van der Waals surface area contributed by atoms with Gasteiger partial charge in [-0.1, -0.05) is 0 Å². The maximum atomic E-state index is 11.5. The van der Waals surface area contributed by atoms with Crippen molar-refractivity contribution in [2.45, 2.75) is 59.4 Å². The lowest BCUT2D eigenvalue weighted by atomic mass is 10.2. The summed E-state index contributed by atoms with van der Waals surface area (Å²) in [5, 5.41) is 22.3. The Bertz CT molecular complexity index is 1890. The Balaban J connectivity index is 0.000000376. The van der Waals surface area contributed by atoms with Crippen molar-refractivity contribution >= 4 is 53.4 Å². The molecule has 0 spiro atoms. The van der Waals surface area contributed by atoms with Gasteiger partial charge in [0, 0.05) is 24.8 Å². The SMILES string of the molecule is CC(C)(C)OC(=O)Nc1cc(CO)ccn1.COC(=O)c1ccnc(N)c1.COC(=O)c1ccnc(NC(=O)OC(C)(C)C)c1.Nc1cc(C(=O)O)ccn1. The molecule has 0 fully saturated rings. The van der Waals surface area contributed by atoms with Gasteiger partial charge in [-0.05, 0) is 95.6 Å². The molecule has 4 heterocycles. The number of aliphatic hydroxyl groups is 1. The summed E-state index contributed by atoms with van der Waals surface area (Å²) in [4.78, 5) is 70.5. The molecule has 0 unspecified atom stereocenters. The smallest absolute Gasteiger partial charge is 0.413 e. The van der Waals surface area contributed by atoms with E-state index in [1.54, 1.807) is 59.7 Å². The Hall–Kier alpha value is -6.89. The van der Waals surface area contributed by atoms with E-state index in [1.165, 1.54) is 69.3 Å². The monoisotopic (exact) mass is 766 g/mol. The molecule has 19 heteroatoms. The molecule has 4 aromatic rings. The number of aliphatic hydroxyl groups excluding tert-OH is 1. The minimum absolute atomic E-state index is 0.0917. The number of hydrogen-bond donors (Lipinski definition) is 6. The number of carbonyl (C=O) groups excluding carboxylic acids is 4. The van der Waals surface area contributed by atoms with E-state index in [2.05, 4.69) is 40.0 Å². The van der Waals surface area contributed by atoms with Gasteiger partial charge in [0.2, 0.25) is 0 Å². The largest absolute Gasteiger partial charge is 0.478 e. The zero-order valence-electron chi connectivity index (χ0n) is 31.6. The highest BCUT2D eigenvalue weighted by Gasteiger charge is 2.18. The summed E-state index contributed by atoms with van der Waals surface area (Å²) in [5.41, 5.74) is 11.0. The van der Waals surface area contributed by atoms with Crippen molar-refractivity contribution < 1.29 is 53.1 Å². The minimum Gasteiger partial charge on any atom is -0.478 e. The lowest BCUT2D eigenvalue weighted by Crippen LogP contribution is -2.27. The van der Waals surface area contributed by atoms with E-state index < -0.39 is 41.3 Å². The zero-order valence-corrected chi connectivity index (χ0v) is 31.6. The Kier molecular flexibility index (Phi) is 18.7. The van der Waals surface area contributed by atoms with Crippen LogP contribution in [0.5, 0.6) is 0 Å². The summed E-state index contributed by atoms with van der Waals surface area (Å²) >= 11 is 0. The van der Waals surface area contributed by atoms with Crippen LogP contribution in [0.25, 0.3) is 0 Å². The number of ether oxygens (including phenoxy) is 4. The van der Waals surface area contributed by atoms with Crippen LogP contribution in [0.4, 0.5) is 32.9 Å². The summed E-state index contributed by atoms with van der Waals surface area (Å²) in [5.74, 6) is -0.765. The highest BCUT2D eigenvalue weighted by Crippen LogP contribution is 2.13. The maximum Gasteiger partial charge on any atom is 0.413 e. The lowest BCUT2D eigenvalue weighted by molar-refractivity contribution is 0.0591. The van der Waals surface area contributed by atoms with Crippen LogP contribution in [-0.4, -0.2) is 85.7 Å². The topological polar surface area (TPSA) is 290 Å². The van der Waals surface area contributed by atoms with Crippen molar-refractivity contribution in [3.8, 4) is 0 Å². The van der Waals surface area contributed by atoms with Crippen LogP contribution in [0.15, 0.2) is 73.3 Å². The van der Waals surface area contributed by atoms with Crippen LogP contribution in [0.2, 0.25) is 0 Å². The zero-order chi connectivity index (χ0) is 41.8. The third-order valence-corrected chi connectivity index (χ3v) is 5.68. The molecule has 4 aromatic heterocycles. The fourth-order valence-corrected chi connectivity index (χ4v) is 3.48. The Labute approximate surface area is 317 Å². The molecule has 0 saturated carbocycles. The predicted octanol–water partition coefficient (Wildman–Crippen LogP) is 4.95. The van der Waals surface area contributed by atoms with Gasteiger partial charge in [0.25, 0.3) is 0 Å².